The number of carbonyl (C=O) groups excluding carboxylic acids is 1. The summed E-state index contributed by atoms with van der Waals surface area (Å²) in [7, 11) is 0. The van der Waals surface area contributed by atoms with Crippen molar-refractivity contribution in [3.8, 4) is 5.75 Å². The van der Waals surface area contributed by atoms with Crippen LogP contribution in [0.2, 0.25) is 0 Å². The van der Waals surface area contributed by atoms with E-state index in [9.17, 15) is 14.0 Å². The molecule has 0 unspecified atom stereocenters. The van der Waals surface area contributed by atoms with Gasteiger partial charge in [0, 0.05) is 51.4 Å². The zero-order valence-corrected chi connectivity index (χ0v) is 20.1. The third-order valence-corrected chi connectivity index (χ3v) is 6.36. The van der Waals surface area contributed by atoms with Crippen LogP contribution in [0.4, 0.5) is 4.39 Å². The molecule has 1 amide bonds. The first-order chi connectivity index (χ1) is 17.0. The van der Waals surface area contributed by atoms with Crippen LogP contribution in [0.15, 0.2) is 71.7 Å². The smallest absolute Gasteiger partial charge is 0.254 e. The molecule has 35 heavy (non-hydrogen) atoms. The first-order valence-electron chi connectivity index (χ1n) is 12.1. The molecule has 1 aliphatic heterocycles. The van der Waals surface area contributed by atoms with Crippen molar-refractivity contribution in [1.29, 1.82) is 0 Å². The van der Waals surface area contributed by atoms with Gasteiger partial charge >= 0.3 is 0 Å². The minimum absolute atomic E-state index is 0.00992. The second-order valence-corrected chi connectivity index (χ2v) is 9.10. The fourth-order valence-electron chi connectivity index (χ4n) is 4.42. The van der Waals surface area contributed by atoms with E-state index in [0.29, 0.717) is 37.4 Å². The van der Waals surface area contributed by atoms with E-state index in [2.05, 4.69) is 10.2 Å². The Bertz CT molecular complexity index is 1190. The highest BCUT2D eigenvalue weighted by Crippen LogP contribution is 2.17. The van der Waals surface area contributed by atoms with Crippen molar-refractivity contribution in [3.63, 3.8) is 0 Å². The first-order valence-corrected chi connectivity index (χ1v) is 12.1. The molecular formula is C28H32FN3O3. The van der Waals surface area contributed by atoms with Gasteiger partial charge in [0.1, 0.15) is 18.2 Å². The van der Waals surface area contributed by atoms with E-state index in [0.717, 1.165) is 37.1 Å². The van der Waals surface area contributed by atoms with Crippen LogP contribution in [0.5, 0.6) is 5.75 Å². The molecule has 1 fully saturated rings. The molecule has 1 aliphatic rings. The number of piperidine rings is 1. The van der Waals surface area contributed by atoms with E-state index >= 15 is 0 Å². The van der Waals surface area contributed by atoms with Crippen LogP contribution in [-0.2, 0) is 30.9 Å². The molecule has 7 heteroatoms. The molecule has 1 saturated heterocycles. The lowest BCUT2D eigenvalue weighted by molar-refractivity contribution is -0.119. The number of benzene rings is 2. The van der Waals surface area contributed by atoms with Crippen LogP contribution in [0, 0.1) is 5.82 Å². The van der Waals surface area contributed by atoms with E-state index in [1.807, 2.05) is 42.5 Å². The number of aryl methyl sites for hydroxylation is 2. The summed E-state index contributed by atoms with van der Waals surface area (Å²) < 4.78 is 22.0. The number of nitrogens with zero attached hydrogens (tertiary/aromatic N) is 2. The number of aromatic nitrogens is 1. The average Bonchev–Trinajstić information content (AvgIpc) is 2.85. The summed E-state index contributed by atoms with van der Waals surface area (Å²) in [6.07, 6.45) is 3.94. The fraction of sp³-hybridized carbons (Fsp3) is 0.357. The normalized spacial score (nSPS) is 14.6. The Labute approximate surface area is 205 Å². The van der Waals surface area contributed by atoms with Gasteiger partial charge in [0.05, 0.1) is 0 Å². The maximum atomic E-state index is 14.8. The summed E-state index contributed by atoms with van der Waals surface area (Å²) in [5.74, 6) is 0.286. The summed E-state index contributed by atoms with van der Waals surface area (Å²) in [6.45, 7) is 4.78. The molecule has 1 aromatic heterocycles. The van der Waals surface area contributed by atoms with Gasteiger partial charge in [0.15, 0.2) is 0 Å². The zero-order chi connectivity index (χ0) is 24.6. The molecule has 0 spiro atoms. The lowest BCUT2D eigenvalue weighted by Crippen LogP contribution is -2.43. The number of ether oxygens (including phenoxy) is 1. The lowest BCUT2D eigenvalue weighted by atomic mass is 10.0. The molecule has 0 atom stereocenters. The SMILES string of the molecule is CC(=O)NC1CCN(Cc2ccc(CCn3ccc(OCc4ccccc4)cc3=O)c(F)c2)CC1. The van der Waals surface area contributed by atoms with Crippen molar-refractivity contribution >= 4 is 5.91 Å². The largest absolute Gasteiger partial charge is 0.489 e. The molecule has 0 bridgehead atoms. The molecule has 2 heterocycles. The number of amides is 1. The van der Waals surface area contributed by atoms with Crippen LogP contribution >= 0.6 is 0 Å². The van der Waals surface area contributed by atoms with E-state index in [4.69, 9.17) is 4.74 Å². The predicted molar refractivity (Wildman–Crippen MR) is 134 cm³/mol. The van der Waals surface area contributed by atoms with Gasteiger partial charge in [-0.05, 0) is 48.1 Å². The average molecular weight is 478 g/mol. The molecule has 0 saturated carbocycles. The van der Waals surface area contributed by atoms with Gasteiger partial charge in [-0.25, -0.2) is 4.39 Å². The monoisotopic (exact) mass is 477 g/mol. The number of pyridine rings is 1. The summed E-state index contributed by atoms with van der Waals surface area (Å²) in [5.41, 5.74) is 2.39. The Balaban J connectivity index is 1.27. The minimum atomic E-state index is -0.244. The molecule has 3 aromatic rings. The number of hydrogen-bond donors (Lipinski definition) is 1. The van der Waals surface area contributed by atoms with E-state index in [1.54, 1.807) is 29.8 Å². The maximum Gasteiger partial charge on any atom is 0.254 e. The molecule has 4 rings (SSSR count). The van der Waals surface area contributed by atoms with Gasteiger partial charge in [0.25, 0.3) is 5.56 Å². The molecular weight excluding hydrogens is 445 g/mol. The van der Waals surface area contributed by atoms with Crippen LogP contribution in [0.1, 0.15) is 36.5 Å². The van der Waals surface area contributed by atoms with E-state index < -0.39 is 0 Å². The van der Waals surface area contributed by atoms with Crippen LogP contribution in [-0.4, -0.2) is 34.5 Å². The molecule has 0 aliphatic carbocycles. The Morgan fingerprint density at radius 3 is 2.51 bits per heavy atom. The number of carbonyl (C=O) groups is 1. The van der Waals surface area contributed by atoms with Crippen molar-refractivity contribution in [3.05, 3.63) is 99.7 Å². The van der Waals surface area contributed by atoms with Gasteiger partial charge in [-0.1, -0.05) is 42.5 Å². The molecule has 0 radical (unpaired) electrons. The summed E-state index contributed by atoms with van der Waals surface area (Å²) >= 11 is 0. The van der Waals surface area contributed by atoms with Crippen LogP contribution < -0.4 is 15.6 Å². The Morgan fingerprint density at radius 2 is 1.83 bits per heavy atom. The first kappa shape index (κ1) is 24.7. The molecule has 2 aromatic carbocycles. The van der Waals surface area contributed by atoms with Gasteiger partial charge < -0.3 is 14.6 Å². The van der Waals surface area contributed by atoms with Gasteiger partial charge in [0.2, 0.25) is 5.91 Å². The van der Waals surface area contributed by atoms with Gasteiger partial charge in [-0.15, -0.1) is 0 Å². The van der Waals surface area contributed by atoms with Crippen molar-refractivity contribution in [2.45, 2.75) is 51.9 Å². The van der Waals surface area contributed by atoms with Crippen molar-refractivity contribution in [2.24, 2.45) is 0 Å². The number of nitrogens with one attached hydrogen (secondary N) is 1. The predicted octanol–water partition coefficient (Wildman–Crippen LogP) is 3.91. The lowest BCUT2D eigenvalue weighted by Gasteiger charge is -2.32. The number of likely N-dealkylation sites (tertiary alicyclic amines) is 1. The Kier molecular flexibility index (Phi) is 8.32. The Hall–Kier alpha value is -3.45. The van der Waals surface area contributed by atoms with Crippen LogP contribution in [0.3, 0.4) is 0 Å². The number of halogens is 1. The van der Waals surface area contributed by atoms with Gasteiger partial charge in [-0.3, -0.25) is 14.5 Å². The fourth-order valence-corrected chi connectivity index (χ4v) is 4.42. The third-order valence-electron chi connectivity index (χ3n) is 6.36. The van der Waals surface area contributed by atoms with Crippen LogP contribution in [0.25, 0.3) is 0 Å². The van der Waals surface area contributed by atoms with Crippen molar-refractivity contribution in [2.75, 3.05) is 13.1 Å². The molecule has 184 valence electrons. The highest BCUT2D eigenvalue weighted by molar-refractivity contribution is 5.73. The Morgan fingerprint density at radius 1 is 1.06 bits per heavy atom. The third kappa shape index (κ3) is 7.26. The van der Waals surface area contributed by atoms with Gasteiger partial charge in [-0.2, -0.15) is 0 Å². The molecule has 6 nitrogen and oxygen atoms in total. The summed E-state index contributed by atoms with van der Waals surface area (Å²) in [5, 5.41) is 2.97. The number of hydrogen-bond acceptors (Lipinski definition) is 4. The maximum absolute atomic E-state index is 14.8. The zero-order valence-electron chi connectivity index (χ0n) is 20.1. The number of rotatable bonds is 9. The molecule has 1 N–H and O–H groups in total. The highest BCUT2D eigenvalue weighted by Gasteiger charge is 2.20. The standard InChI is InChI=1S/C28H32FN3O3/c1-21(33)30-25-10-13-31(14-11-25)19-23-7-8-24(27(29)17-23)9-15-32-16-12-26(18-28(32)34)35-20-22-5-3-2-4-6-22/h2-8,12,16-18,25H,9-11,13-15,19-20H2,1H3,(H,30,33). The van der Waals surface area contributed by atoms with Crippen molar-refractivity contribution < 1.29 is 13.9 Å². The minimum Gasteiger partial charge on any atom is -0.489 e. The topological polar surface area (TPSA) is 63.6 Å². The van der Waals surface area contributed by atoms with Crippen molar-refractivity contribution in [1.82, 2.24) is 14.8 Å². The highest BCUT2D eigenvalue weighted by atomic mass is 19.1. The summed E-state index contributed by atoms with van der Waals surface area (Å²) in [4.78, 5) is 26.0. The quantitative estimate of drug-likeness (QED) is 0.508. The second-order valence-electron chi connectivity index (χ2n) is 9.10. The second kappa shape index (κ2) is 11.8. The summed E-state index contributed by atoms with van der Waals surface area (Å²) in [6, 6.07) is 18.6. The van der Waals surface area contributed by atoms with E-state index in [-0.39, 0.29) is 23.3 Å². The van der Waals surface area contributed by atoms with E-state index in [1.165, 1.54) is 6.07 Å².